The summed E-state index contributed by atoms with van der Waals surface area (Å²) in [5.41, 5.74) is 5.18. The molecular weight excluding hydrogens is 272 g/mol. The molecule has 3 unspecified atom stereocenters. The highest BCUT2D eigenvalue weighted by molar-refractivity contribution is 7.93. The van der Waals surface area contributed by atoms with E-state index >= 15 is 0 Å². The Kier molecular flexibility index (Phi) is 4.75. The summed E-state index contributed by atoms with van der Waals surface area (Å²) in [5.74, 6) is 0. The summed E-state index contributed by atoms with van der Waals surface area (Å²) < 4.78 is 32.3. The third-order valence-corrected chi connectivity index (χ3v) is 6.02. The molecule has 0 saturated heterocycles. The van der Waals surface area contributed by atoms with Gasteiger partial charge in [0.1, 0.15) is 5.25 Å². The SMILES string of the molecule is CCOC1CC(NS(=O)(=O)C(C)C(N)=S)C1(C)C. The van der Waals surface area contributed by atoms with Crippen LogP contribution in [0.4, 0.5) is 0 Å². The molecule has 0 aromatic carbocycles. The first-order valence-electron chi connectivity index (χ1n) is 6.05. The molecule has 0 aromatic rings. The maximum atomic E-state index is 12.0. The lowest BCUT2D eigenvalue weighted by atomic mass is 9.65. The molecule has 0 radical (unpaired) electrons. The third kappa shape index (κ3) is 3.01. The number of sulfonamides is 1. The molecule has 0 heterocycles. The van der Waals surface area contributed by atoms with Gasteiger partial charge in [0.2, 0.25) is 10.0 Å². The van der Waals surface area contributed by atoms with Gasteiger partial charge >= 0.3 is 0 Å². The zero-order chi connectivity index (χ0) is 14.1. The third-order valence-electron chi connectivity index (χ3n) is 3.72. The second-order valence-corrected chi connectivity index (χ2v) is 7.77. The maximum Gasteiger partial charge on any atom is 0.221 e. The van der Waals surface area contributed by atoms with Gasteiger partial charge in [0.05, 0.1) is 11.1 Å². The predicted octanol–water partition coefficient (Wildman–Crippen LogP) is 0.784. The van der Waals surface area contributed by atoms with Gasteiger partial charge in [-0.15, -0.1) is 0 Å². The normalized spacial score (nSPS) is 28.4. The van der Waals surface area contributed by atoms with E-state index in [9.17, 15) is 8.42 Å². The molecule has 0 amide bonds. The van der Waals surface area contributed by atoms with Crippen LogP contribution in [0.3, 0.4) is 0 Å². The summed E-state index contributed by atoms with van der Waals surface area (Å²) >= 11 is 4.73. The fourth-order valence-corrected chi connectivity index (χ4v) is 3.71. The molecule has 0 aliphatic heterocycles. The van der Waals surface area contributed by atoms with Crippen LogP contribution in [0.1, 0.15) is 34.1 Å². The number of ether oxygens (including phenoxy) is 1. The van der Waals surface area contributed by atoms with Crippen LogP contribution >= 0.6 is 12.2 Å². The molecule has 1 fully saturated rings. The second-order valence-electron chi connectivity index (χ2n) is 5.26. The van der Waals surface area contributed by atoms with E-state index in [1.54, 1.807) is 0 Å². The molecule has 1 aliphatic carbocycles. The minimum Gasteiger partial charge on any atom is -0.392 e. The van der Waals surface area contributed by atoms with Crippen molar-refractivity contribution in [3.8, 4) is 0 Å². The molecule has 18 heavy (non-hydrogen) atoms. The summed E-state index contributed by atoms with van der Waals surface area (Å²) in [6.07, 6.45) is 0.778. The van der Waals surface area contributed by atoms with E-state index in [1.165, 1.54) is 6.92 Å². The summed E-state index contributed by atoms with van der Waals surface area (Å²) in [5, 5.41) is -0.852. The van der Waals surface area contributed by atoms with Crippen LogP contribution in [0.15, 0.2) is 0 Å². The Morgan fingerprint density at radius 3 is 2.56 bits per heavy atom. The Balaban J connectivity index is 2.69. The number of rotatable bonds is 6. The molecule has 1 rings (SSSR count). The summed E-state index contributed by atoms with van der Waals surface area (Å²) in [6.45, 7) is 8.06. The molecule has 1 saturated carbocycles. The van der Waals surface area contributed by atoms with Crippen LogP contribution in [0.5, 0.6) is 0 Å². The van der Waals surface area contributed by atoms with Crippen molar-refractivity contribution in [3.05, 3.63) is 0 Å². The van der Waals surface area contributed by atoms with Gasteiger partial charge in [0, 0.05) is 18.1 Å². The molecule has 0 bridgehead atoms. The Morgan fingerprint density at radius 1 is 1.61 bits per heavy atom. The van der Waals surface area contributed by atoms with Crippen molar-refractivity contribution < 1.29 is 13.2 Å². The number of hydrogen-bond acceptors (Lipinski definition) is 4. The quantitative estimate of drug-likeness (QED) is 0.708. The average Bonchev–Trinajstić information content (AvgIpc) is 2.26. The molecule has 3 N–H and O–H groups in total. The predicted molar refractivity (Wildman–Crippen MR) is 75.9 cm³/mol. The van der Waals surface area contributed by atoms with Crippen molar-refractivity contribution in [2.24, 2.45) is 11.1 Å². The molecule has 7 heteroatoms. The lowest BCUT2D eigenvalue weighted by molar-refractivity contribution is -0.108. The van der Waals surface area contributed by atoms with E-state index in [0.29, 0.717) is 13.0 Å². The first kappa shape index (κ1) is 15.8. The highest BCUT2D eigenvalue weighted by Gasteiger charge is 2.50. The van der Waals surface area contributed by atoms with Gasteiger partial charge in [-0.2, -0.15) is 0 Å². The highest BCUT2D eigenvalue weighted by atomic mass is 32.2. The van der Waals surface area contributed by atoms with Crippen molar-refractivity contribution in [1.82, 2.24) is 4.72 Å². The summed E-state index contributed by atoms with van der Waals surface area (Å²) in [4.78, 5) is -0.0130. The van der Waals surface area contributed by atoms with Crippen LogP contribution in [-0.2, 0) is 14.8 Å². The van der Waals surface area contributed by atoms with E-state index in [2.05, 4.69) is 4.72 Å². The van der Waals surface area contributed by atoms with Crippen molar-refractivity contribution in [2.45, 2.75) is 51.5 Å². The molecule has 106 valence electrons. The topological polar surface area (TPSA) is 81.4 Å². The fraction of sp³-hybridized carbons (Fsp3) is 0.909. The second kappa shape index (κ2) is 5.40. The van der Waals surface area contributed by atoms with Crippen LogP contribution in [0.25, 0.3) is 0 Å². The Morgan fingerprint density at radius 2 is 2.17 bits per heavy atom. The molecule has 1 aliphatic rings. The zero-order valence-electron chi connectivity index (χ0n) is 11.3. The molecule has 3 atom stereocenters. The largest absolute Gasteiger partial charge is 0.392 e. The monoisotopic (exact) mass is 294 g/mol. The number of thiocarbonyl (C=S) groups is 1. The molecule has 0 spiro atoms. The summed E-state index contributed by atoms with van der Waals surface area (Å²) in [6, 6.07) is -0.129. The van der Waals surface area contributed by atoms with Crippen LogP contribution in [0.2, 0.25) is 0 Å². The molecule has 5 nitrogen and oxygen atoms in total. The minimum atomic E-state index is -3.50. The Hall–Kier alpha value is -0.240. The lowest BCUT2D eigenvalue weighted by Crippen LogP contribution is -2.63. The molecular formula is C11H22N2O3S2. The van der Waals surface area contributed by atoms with Gasteiger partial charge in [-0.05, 0) is 20.3 Å². The van der Waals surface area contributed by atoms with E-state index < -0.39 is 15.3 Å². The van der Waals surface area contributed by atoms with E-state index in [-0.39, 0.29) is 22.5 Å². The van der Waals surface area contributed by atoms with Gasteiger partial charge in [-0.25, -0.2) is 13.1 Å². The minimum absolute atomic E-state index is 0.0130. The zero-order valence-corrected chi connectivity index (χ0v) is 12.9. The van der Waals surface area contributed by atoms with Crippen molar-refractivity contribution in [3.63, 3.8) is 0 Å². The van der Waals surface area contributed by atoms with Gasteiger partial charge in [-0.1, -0.05) is 26.1 Å². The fourth-order valence-electron chi connectivity index (χ4n) is 2.02. The maximum absolute atomic E-state index is 12.0. The van der Waals surface area contributed by atoms with E-state index in [1.807, 2.05) is 20.8 Å². The van der Waals surface area contributed by atoms with Gasteiger partial charge in [0.25, 0.3) is 0 Å². The Labute approximate surface area is 115 Å². The van der Waals surface area contributed by atoms with Gasteiger partial charge in [-0.3, -0.25) is 0 Å². The van der Waals surface area contributed by atoms with E-state index in [0.717, 1.165) is 0 Å². The van der Waals surface area contributed by atoms with E-state index in [4.69, 9.17) is 22.7 Å². The Bertz CT molecular complexity index is 420. The highest BCUT2D eigenvalue weighted by Crippen LogP contribution is 2.43. The average molecular weight is 294 g/mol. The first-order chi connectivity index (χ1) is 8.13. The van der Waals surface area contributed by atoms with Gasteiger partial charge < -0.3 is 10.5 Å². The standard InChI is InChI=1S/C11H22N2O3S2/c1-5-16-9-6-8(11(9,3)4)13-18(14,15)7(2)10(12)17/h7-9,13H,5-6H2,1-4H3,(H2,12,17). The number of hydrogen-bond donors (Lipinski definition) is 2. The van der Waals surface area contributed by atoms with Crippen molar-refractivity contribution >= 4 is 27.2 Å². The molecule has 0 aromatic heterocycles. The van der Waals surface area contributed by atoms with Crippen LogP contribution < -0.4 is 10.5 Å². The summed E-state index contributed by atoms with van der Waals surface area (Å²) in [7, 11) is -3.50. The lowest BCUT2D eigenvalue weighted by Gasteiger charge is -2.51. The van der Waals surface area contributed by atoms with Gasteiger partial charge in [0.15, 0.2) is 0 Å². The number of nitrogens with one attached hydrogen (secondary N) is 1. The number of nitrogens with two attached hydrogens (primary N) is 1. The van der Waals surface area contributed by atoms with Crippen molar-refractivity contribution in [2.75, 3.05) is 6.61 Å². The smallest absolute Gasteiger partial charge is 0.221 e. The first-order valence-corrected chi connectivity index (χ1v) is 8.00. The van der Waals surface area contributed by atoms with Crippen molar-refractivity contribution in [1.29, 1.82) is 0 Å². The van der Waals surface area contributed by atoms with Crippen LogP contribution in [0, 0.1) is 5.41 Å². The van der Waals surface area contributed by atoms with Crippen LogP contribution in [-0.4, -0.2) is 37.4 Å².